The van der Waals surface area contributed by atoms with Crippen LogP contribution in [0.1, 0.15) is 6.92 Å². The van der Waals surface area contributed by atoms with E-state index in [1.165, 1.54) is 0 Å². The number of primary amides is 2. The summed E-state index contributed by atoms with van der Waals surface area (Å²) >= 11 is 7.52. The molecule has 0 aromatic rings. The number of carbonyl (C=O) groups excluding carboxylic acids is 2. The van der Waals surface area contributed by atoms with E-state index in [1.807, 2.05) is 0 Å². The molecule has 0 saturated heterocycles. The van der Waals surface area contributed by atoms with E-state index in [1.54, 1.807) is 0 Å². The number of aliphatic carboxylic acids is 1. The van der Waals surface area contributed by atoms with Gasteiger partial charge in [-0.1, -0.05) is 0 Å². The fourth-order valence-corrected chi connectivity index (χ4v) is 0. The van der Waals surface area contributed by atoms with E-state index in [-0.39, 0.29) is 103 Å². The van der Waals surface area contributed by atoms with Gasteiger partial charge in [-0.2, -0.15) is 0 Å². The van der Waals surface area contributed by atoms with E-state index < -0.39 is 16.4 Å². The van der Waals surface area contributed by atoms with Crippen molar-refractivity contribution in [1.29, 1.82) is 0 Å². The van der Waals surface area contributed by atoms with Crippen molar-refractivity contribution in [3.63, 3.8) is 0 Å². The normalized spacial score (nSPS) is 5.21. The van der Waals surface area contributed by atoms with Crippen LogP contribution in [0.3, 0.4) is 0 Å². The molecule has 0 heterocycles. The van der Waals surface area contributed by atoms with E-state index >= 15 is 0 Å². The molecule has 0 aromatic heterocycles. The molecule has 0 aliphatic rings. The SMILES string of the molecule is CC(=O)O.NC(=O)[S-].NC(=O)[S-].[K+].[K+]. The fourth-order valence-electron chi connectivity index (χ4n) is 0. The van der Waals surface area contributed by atoms with Crippen LogP contribution in [0.25, 0.3) is 0 Å². The molecule has 10 heteroatoms. The minimum atomic E-state index is -0.833. The summed E-state index contributed by atoms with van der Waals surface area (Å²) in [4.78, 5) is 27.1. The van der Waals surface area contributed by atoms with E-state index in [0.717, 1.165) is 6.92 Å². The maximum Gasteiger partial charge on any atom is 1.00 e. The summed E-state index contributed by atoms with van der Waals surface area (Å²) in [6, 6.07) is 0. The minimum absolute atomic E-state index is 0. The average Bonchev–Trinajstić information content (AvgIpc) is 1.54. The summed E-state index contributed by atoms with van der Waals surface area (Å²) in [5.74, 6) is -0.833. The van der Waals surface area contributed by atoms with Gasteiger partial charge in [-0.3, -0.25) is 4.79 Å². The third-order valence-corrected chi connectivity index (χ3v) is 0. The Morgan fingerprint density at radius 1 is 1.00 bits per heavy atom. The largest absolute Gasteiger partial charge is 1.00 e. The molecular weight excluding hydrogens is 282 g/mol. The molecule has 0 unspecified atom stereocenters. The van der Waals surface area contributed by atoms with Gasteiger partial charge in [0.1, 0.15) is 0 Å². The number of carboxylic acids is 1. The van der Waals surface area contributed by atoms with Crippen LogP contribution in [0.15, 0.2) is 0 Å². The molecule has 0 aliphatic carbocycles. The van der Waals surface area contributed by atoms with Crippen LogP contribution in [0.4, 0.5) is 9.59 Å². The Hall–Kier alpha value is 2.12. The first-order valence-corrected chi connectivity index (χ1v) is 3.14. The molecule has 0 rings (SSSR count). The maximum absolute atomic E-state index is 9.04. The first-order chi connectivity index (χ1) is 5.20. The Bertz CT molecular complexity index is 129. The number of hydrogen-bond donors (Lipinski definition) is 3. The predicted octanol–water partition coefficient (Wildman–Crippen LogP) is -6.68. The van der Waals surface area contributed by atoms with Gasteiger partial charge in [-0.15, -0.1) is 0 Å². The molecule has 72 valence electrons. The van der Waals surface area contributed by atoms with E-state index in [0.29, 0.717) is 0 Å². The van der Waals surface area contributed by atoms with Crippen molar-refractivity contribution in [3.05, 3.63) is 0 Å². The molecule has 0 bridgehead atoms. The van der Waals surface area contributed by atoms with Crippen LogP contribution in [0.2, 0.25) is 0 Å². The zero-order valence-corrected chi connectivity index (χ0v) is 16.0. The van der Waals surface area contributed by atoms with Gasteiger partial charge < -0.3 is 51.4 Å². The molecule has 0 fully saturated rings. The predicted molar refractivity (Wildman–Crippen MR) is 47.2 cm³/mol. The van der Waals surface area contributed by atoms with Crippen LogP contribution < -0.4 is 114 Å². The quantitative estimate of drug-likeness (QED) is 0.301. The molecule has 5 N–H and O–H groups in total. The Kier molecular flexibility index (Phi) is 51.9. The van der Waals surface area contributed by atoms with Crippen molar-refractivity contribution < 1.29 is 122 Å². The maximum atomic E-state index is 9.04. The Balaban J connectivity index is -0.0000000270. The molecule has 0 radical (unpaired) electrons. The van der Waals surface area contributed by atoms with Crippen molar-refractivity contribution >= 4 is 41.7 Å². The van der Waals surface area contributed by atoms with Crippen LogP contribution in [0, 0.1) is 0 Å². The molecule has 2 amide bonds. The van der Waals surface area contributed by atoms with Crippen molar-refractivity contribution in [3.8, 4) is 0 Å². The first-order valence-electron chi connectivity index (χ1n) is 2.32. The smallest absolute Gasteiger partial charge is 0.719 e. The minimum Gasteiger partial charge on any atom is -0.719 e. The summed E-state index contributed by atoms with van der Waals surface area (Å²) in [6.07, 6.45) is 0. The molecule has 0 saturated carbocycles. The number of hydrogen-bond acceptors (Lipinski definition) is 5. The first kappa shape index (κ1) is 29.8. The van der Waals surface area contributed by atoms with Crippen LogP contribution in [-0.4, -0.2) is 21.6 Å². The van der Waals surface area contributed by atoms with Gasteiger partial charge in [0.15, 0.2) is 0 Å². The van der Waals surface area contributed by atoms with E-state index in [9.17, 15) is 0 Å². The summed E-state index contributed by atoms with van der Waals surface area (Å²) in [5.41, 5.74) is 8.57. The van der Waals surface area contributed by atoms with Crippen molar-refractivity contribution in [1.82, 2.24) is 0 Å². The standard InChI is InChI=1S/C2H4O2.2CH3NOS.2K/c1-2(3)4;2*2-1(3)4;;/h1H3,(H,3,4);2*(H3,2,3,4);;/q;;;2*+1/p-2. The molecule has 0 aliphatic heterocycles. The third-order valence-electron chi connectivity index (χ3n) is 0. The topological polar surface area (TPSA) is 123 Å². The van der Waals surface area contributed by atoms with E-state index in [4.69, 9.17) is 19.5 Å². The molecule has 0 aromatic carbocycles. The number of carbonyl (C=O) groups is 3. The van der Waals surface area contributed by atoms with Crippen LogP contribution in [-0.2, 0) is 30.1 Å². The van der Waals surface area contributed by atoms with Gasteiger partial charge in [0.2, 0.25) is 0 Å². The Labute approximate surface area is 178 Å². The summed E-state index contributed by atoms with van der Waals surface area (Å²) < 4.78 is 0. The van der Waals surface area contributed by atoms with Gasteiger partial charge in [-0.25, -0.2) is 0 Å². The molecule has 0 spiro atoms. The molecular formula is C4H8K2N2O4S2. The van der Waals surface area contributed by atoms with Gasteiger partial charge in [0.05, 0.1) is 10.5 Å². The van der Waals surface area contributed by atoms with Crippen molar-refractivity contribution in [2.45, 2.75) is 6.92 Å². The van der Waals surface area contributed by atoms with Crippen LogP contribution in [0.5, 0.6) is 0 Å². The van der Waals surface area contributed by atoms with Gasteiger partial charge in [0.25, 0.3) is 5.97 Å². The summed E-state index contributed by atoms with van der Waals surface area (Å²) in [5, 5.41) is 5.92. The zero-order valence-electron chi connectivity index (χ0n) is 8.14. The average molecular weight is 290 g/mol. The second-order valence-corrected chi connectivity index (χ2v) is 1.96. The van der Waals surface area contributed by atoms with Crippen molar-refractivity contribution in [2.75, 3.05) is 0 Å². The second-order valence-electron chi connectivity index (χ2n) is 1.16. The monoisotopic (exact) mass is 290 g/mol. The molecule has 6 nitrogen and oxygen atoms in total. The fraction of sp³-hybridized carbons (Fsp3) is 0.250. The Morgan fingerprint density at radius 2 is 1.00 bits per heavy atom. The van der Waals surface area contributed by atoms with Crippen molar-refractivity contribution in [2.24, 2.45) is 11.5 Å². The van der Waals surface area contributed by atoms with Crippen LogP contribution >= 0.6 is 0 Å². The third kappa shape index (κ3) is 540. The number of rotatable bonds is 0. The number of carboxylic acid groups (broad SMARTS) is 1. The number of nitrogens with two attached hydrogens (primary N) is 2. The van der Waals surface area contributed by atoms with E-state index in [2.05, 4.69) is 36.7 Å². The van der Waals surface area contributed by atoms with Gasteiger partial charge in [0, 0.05) is 6.92 Å². The zero-order chi connectivity index (χ0) is 10.7. The summed E-state index contributed by atoms with van der Waals surface area (Å²) in [7, 11) is 0. The Morgan fingerprint density at radius 3 is 1.00 bits per heavy atom. The van der Waals surface area contributed by atoms with Gasteiger partial charge >= 0.3 is 103 Å². The molecule has 0 atom stereocenters. The second kappa shape index (κ2) is 24.4. The number of amides is 2. The summed E-state index contributed by atoms with van der Waals surface area (Å²) in [6.45, 7) is 1.08. The molecule has 14 heavy (non-hydrogen) atoms. The van der Waals surface area contributed by atoms with Gasteiger partial charge in [-0.05, 0) is 0 Å².